The van der Waals surface area contributed by atoms with Crippen molar-refractivity contribution in [2.45, 2.75) is 17.9 Å². The third-order valence-electron chi connectivity index (χ3n) is 3.80. The van der Waals surface area contributed by atoms with Gasteiger partial charge in [-0.05, 0) is 24.6 Å². The topological polar surface area (TPSA) is 116 Å². The molecule has 2 N–H and O–H groups in total. The predicted molar refractivity (Wildman–Crippen MR) is 97.4 cm³/mol. The van der Waals surface area contributed by atoms with Gasteiger partial charge in [-0.15, -0.1) is 0 Å². The van der Waals surface area contributed by atoms with E-state index in [0.717, 1.165) is 11.6 Å². The number of nitrogens with two attached hydrogens (primary N) is 1. The third kappa shape index (κ3) is 4.57. The first-order valence-electron chi connectivity index (χ1n) is 7.96. The molecule has 0 saturated carbocycles. The van der Waals surface area contributed by atoms with Crippen molar-refractivity contribution >= 4 is 15.7 Å². The largest absolute Gasteiger partial charge is 0.490 e. The average Bonchev–Trinajstić information content (AvgIpc) is 2.65. The monoisotopic (exact) mass is 379 g/mol. The predicted octanol–water partition coefficient (Wildman–Crippen LogP) is 2.14. The molecule has 2 aromatic rings. The molecule has 2 aromatic carbocycles. The highest BCUT2D eigenvalue weighted by Crippen LogP contribution is 2.31. The molecule has 0 unspecified atom stereocenters. The van der Waals surface area contributed by atoms with Gasteiger partial charge in [0.2, 0.25) is 10.0 Å². The fraction of sp³-hybridized carbons (Fsp3) is 0.294. The van der Waals surface area contributed by atoms with Crippen LogP contribution < -0.4 is 10.5 Å². The van der Waals surface area contributed by atoms with Crippen molar-refractivity contribution in [3.63, 3.8) is 0 Å². The molecule has 0 saturated heterocycles. The maximum absolute atomic E-state index is 13.1. The highest BCUT2D eigenvalue weighted by molar-refractivity contribution is 7.89. The van der Waals surface area contributed by atoms with Crippen molar-refractivity contribution in [1.29, 1.82) is 0 Å². The number of nitro groups is 1. The van der Waals surface area contributed by atoms with Crippen molar-refractivity contribution in [3.8, 4) is 5.75 Å². The first-order chi connectivity index (χ1) is 12.4. The lowest BCUT2D eigenvalue weighted by Gasteiger charge is -2.22. The van der Waals surface area contributed by atoms with Crippen LogP contribution in [0.3, 0.4) is 0 Å². The van der Waals surface area contributed by atoms with E-state index in [1.807, 2.05) is 30.3 Å². The molecule has 26 heavy (non-hydrogen) atoms. The number of benzene rings is 2. The van der Waals surface area contributed by atoms with Gasteiger partial charge in [-0.25, -0.2) is 8.42 Å². The molecule has 140 valence electrons. The van der Waals surface area contributed by atoms with E-state index in [0.29, 0.717) is 13.0 Å². The Labute approximate surface area is 152 Å². The van der Waals surface area contributed by atoms with Gasteiger partial charge in [0.05, 0.1) is 16.9 Å². The maximum Gasteiger partial charge on any atom is 0.310 e. The van der Waals surface area contributed by atoms with Gasteiger partial charge < -0.3 is 10.5 Å². The van der Waals surface area contributed by atoms with Crippen LogP contribution in [0.25, 0.3) is 0 Å². The zero-order chi connectivity index (χ0) is 19.2. The van der Waals surface area contributed by atoms with E-state index in [9.17, 15) is 18.5 Å². The molecule has 0 bridgehead atoms. The maximum atomic E-state index is 13.1. The lowest BCUT2D eigenvalue weighted by molar-refractivity contribution is -0.385. The van der Waals surface area contributed by atoms with Crippen LogP contribution in [0, 0.1) is 10.1 Å². The minimum atomic E-state index is -3.87. The van der Waals surface area contributed by atoms with Crippen LogP contribution in [0.15, 0.2) is 53.4 Å². The van der Waals surface area contributed by atoms with Gasteiger partial charge in [0.15, 0.2) is 5.75 Å². The molecule has 0 spiro atoms. The van der Waals surface area contributed by atoms with Crippen molar-refractivity contribution in [1.82, 2.24) is 4.31 Å². The number of rotatable bonds is 9. The Kier molecular flexibility index (Phi) is 6.67. The van der Waals surface area contributed by atoms with Crippen LogP contribution in [0.5, 0.6) is 5.75 Å². The summed E-state index contributed by atoms with van der Waals surface area (Å²) < 4.78 is 32.4. The fourth-order valence-electron chi connectivity index (χ4n) is 2.46. The van der Waals surface area contributed by atoms with Crippen LogP contribution in [-0.2, 0) is 16.6 Å². The fourth-order valence-corrected chi connectivity index (χ4v) is 3.94. The Hall–Kier alpha value is -2.49. The Morgan fingerprint density at radius 1 is 1.19 bits per heavy atom. The van der Waals surface area contributed by atoms with E-state index < -0.39 is 14.9 Å². The summed E-state index contributed by atoms with van der Waals surface area (Å²) in [5.41, 5.74) is 6.08. The number of hydrogen-bond donors (Lipinski definition) is 1. The molecule has 0 atom stereocenters. The van der Waals surface area contributed by atoms with Crippen molar-refractivity contribution in [3.05, 3.63) is 64.2 Å². The number of nitro benzene ring substituents is 1. The summed E-state index contributed by atoms with van der Waals surface area (Å²) in [6.45, 7) is 0.778. The molecule has 0 amide bonds. The average molecular weight is 379 g/mol. The van der Waals surface area contributed by atoms with E-state index in [4.69, 9.17) is 10.5 Å². The normalized spacial score (nSPS) is 11.5. The summed E-state index contributed by atoms with van der Waals surface area (Å²) in [5, 5.41) is 11.0. The number of ether oxygens (including phenoxy) is 1. The van der Waals surface area contributed by atoms with Gasteiger partial charge in [-0.3, -0.25) is 10.1 Å². The van der Waals surface area contributed by atoms with Crippen molar-refractivity contribution in [2.24, 2.45) is 5.73 Å². The van der Waals surface area contributed by atoms with Gasteiger partial charge in [-0.2, -0.15) is 4.31 Å². The summed E-state index contributed by atoms with van der Waals surface area (Å²) in [5.74, 6) is -0.102. The first kappa shape index (κ1) is 19.8. The molecule has 0 aliphatic heterocycles. The molecule has 0 fully saturated rings. The molecule has 0 heterocycles. The minimum Gasteiger partial charge on any atom is -0.490 e. The lowest BCUT2D eigenvalue weighted by atomic mass is 10.2. The highest BCUT2D eigenvalue weighted by Gasteiger charge is 2.27. The smallest absolute Gasteiger partial charge is 0.310 e. The van der Waals surface area contributed by atoms with Gasteiger partial charge in [0.1, 0.15) is 0 Å². The third-order valence-corrected chi connectivity index (χ3v) is 5.64. The van der Waals surface area contributed by atoms with E-state index in [1.165, 1.54) is 23.5 Å². The standard InChI is InChI=1S/C17H21N3O5S/c1-25-17-12-15(8-9-16(17)20(21)22)26(23,24)19(11-5-10-18)13-14-6-3-2-4-7-14/h2-4,6-9,12H,5,10-11,13,18H2,1H3. The van der Waals surface area contributed by atoms with E-state index >= 15 is 0 Å². The zero-order valence-electron chi connectivity index (χ0n) is 14.4. The molecule has 0 aliphatic carbocycles. The van der Waals surface area contributed by atoms with Crippen LogP contribution in [-0.4, -0.2) is 37.8 Å². The first-order valence-corrected chi connectivity index (χ1v) is 9.40. The molecule has 8 nitrogen and oxygen atoms in total. The van der Waals surface area contributed by atoms with Crippen molar-refractivity contribution in [2.75, 3.05) is 20.2 Å². The minimum absolute atomic E-state index is 0.0621. The number of hydrogen-bond acceptors (Lipinski definition) is 6. The summed E-state index contributed by atoms with van der Waals surface area (Å²) in [4.78, 5) is 10.3. The van der Waals surface area contributed by atoms with E-state index in [-0.39, 0.29) is 29.4 Å². The van der Waals surface area contributed by atoms with Crippen LogP contribution in [0.4, 0.5) is 5.69 Å². The molecule has 0 aliphatic rings. The Morgan fingerprint density at radius 2 is 1.88 bits per heavy atom. The Morgan fingerprint density at radius 3 is 2.46 bits per heavy atom. The zero-order valence-corrected chi connectivity index (χ0v) is 15.2. The molecule has 2 rings (SSSR count). The molecule has 0 radical (unpaired) electrons. The molecule has 9 heteroatoms. The SMILES string of the molecule is COc1cc(S(=O)(=O)N(CCCN)Cc2ccccc2)ccc1[N+](=O)[O-]. The Balaban J connectivity index is 2.40. The van der Waals surface area contributed by atoms with Crippen molar-refractivity contribution < 1.29 is 18.1 Å². The van der Waals surface area contributed by atoms with Crippen LogP contribution in [0.1, 0.15) is 12.0 Å². The summed E-state index contributed by atoms with van der Waals surface area (Å²) in [6, 6.07) is 12.7. The van der Waals surface area contributed by atoms with Gasteiger partial charge >= 0.3 is 5.69 Å². The quantitative estimate of drug-likeness (QED) is 0.527. The van der Waals surface area contributed by atoms with Gasteiger partial charge in [-0.1, -0.05) is 30.3 Å². The number of nitrogens with zero attached hydrogens (tertiary/aromatic N) is 2. The van der Waals surface area contributed by atoms with Gasteiger partial charge in [0, 0.05) is 25.2 Å². The Bertz CT molecular complexity index is 856. The lowest BCUT2D eigenvalue weighted by Crippen LogP contribution is -2.32. The summed E-state index contributed by atoms with van der Waals surface area (Å²) in [7, 11) is -2.61. The molecular formula is C17H21N3O5S. The second kappa shape index (κ2) is 8.75. The van der Waals surface area contributed by atoms with Crippen LogP contribution >= 0.6 is 0 Å². The highest BCUT2D eigenvalue weighted by atomic mass is 32.2. The van der Waals surface area contributed by atoms with E-state index in [2.05, 4.69) is 0 Å². The van der Waals surface area contributed by atoms with Gasteiger partial charge in [0.25, 0.3) is 0 Å². The van der Waals surface area contributed by atoms with Crippen LogP contribution in [0.2, 0.25) is 0 Å². The number of sulfonamides is 1. The molecule has 0 aromatic heterocycles. The summed E-state index contributed by atoms with van der Waals surface area (Å²) in [6.07, 6.45) is 0.496. The molecular weight excluding hydrogens is 358 g/mol. The summed E-state index contributed by atoms with van der Waals surface area (Å²) >= 11 is 0. The van der Waals surface area contributed by atoms with E-state index in [1.54, 1.807) is 0 Å². The second-order valence-corrected chi connectivity index (χ2v) is 7.50. The number of methoxy groups -OCH3 is 1. The second-order valence-electron chi connectivity index (χ2n) is 5.56.